The van der Waals surface area contributed by atoms with Crippen molar-refractivity contribution in [3.8, 4) is 0 Å². The molecule has 3 N–H and O–H groups in total. The van der Waals surface area contributed by atoms with Gasteiger partial charge in [-0.25, -0.2) is 13.1 Å². The molecule has 1 aromatic rings. The molecular weight excluding hydrogens is 284 g/mol. The molecular formula is C12H20N2O3S2. The van der Waals surface area contributed by atoms with Gasteiger partial charge in [0, 0.05) is 31.2 Å². The highest BCUT2D eigenvalue weighted by molar-refractivity contribution is 7.91. The smallest absolute Gasteiger partial charge is 0.250 e. The van der Waals surface area contributed by atoms with Gasteiger partial charge < -0.3 is 10.5 Å². The third kappa shape index (κ3) is 3.76. The maximum atomic E-state index is 12.2. The quantitative estimate of drug-likeness (QED) is 0.859. The van der Waals surface area contributed by atoms with E-state index in [2.05, 4.69) is 11.6 Å². The third-order valence-corrected chi connectivity index (χ3v) is 6.49. The van der Waals surface area contributed by atoms with Gasteiger partial charge >= 0.3 is 0 Å². The SMILES string of the molecule is CC1(CNS(=O)(=O)c2ccc(CN)s2)CCOCC1. The molecule has 0 radical (unpaired) electrons. The van der Waals surface area contributed by atoms with Crippen molar-refractivity contribution in [1.82, 2.24) is 4.72 Å². The summed E-state index contributed by atoms with van der Waals surface area (Å²) in [6.45, 7) is 4.32. The minimum atomic E-state index is -3.41. The van der Waals surface area contributed by atoms with Crippen LogP contribution in [0.2, 0.25) is 0 Å². The van der Waals surface area contributed by atoms with Crippen LogP contribution in [0.4, 0.5) is 0 Å². The molecule has 0 atom stereocenters. The van der Waals surface area contributed by atoms with E-state index in [1.54, 1.807) is 12.1 Å². The van der Waals surface area contributed by atoms with Crippen molar-refractivity contribution >= 4 is 21.4 Å². The van der Waals surface area contributed by atoms with Gasteiger partial charge in [0.2, 0.25) is 10.0 Å². The minimum absolute atomic E-state index is 0.0146. The summed E-state index contributed by atoms with van der Waals surface area (Å²) in [5, 5.41) is 0. The Morgan fingerprint density at radius 1 is 1.42 bits per heavy atom. The van der Waals surface area contributed by atoms with E-state index in [1.165, 1.54) is 11.3 Å². The second kappa shape index (κ2) is 5.88. The molecule has 0 saturated carbocycles. The first-order valence-corrected chi connectivity index (χ1v) is 8.61. The zero-order valence-electron chi connectivity index (χ0n) is 11.0. The number of sulfonamides is 1. The molecule has 1 fully saturated rings. The summed E-state index contributed by atoms with van der Waals surface area (Å²) >= 11 is 1.23. The summed E-state index contributed by atoms with van der Waals surface area (Å²) in [7, 11) is -3.41. The van der Waals surface area contributed by atoms with E-state index in [0.717, 1.165) is 17.7 Å². The lowest BCUT2D eigenvalue weighted by atomic mass is 9.83. The number of ether oxygens (including phenoxy) is 1. The van der Waals surface area contributed by atoms with Crippen LogP contribution in [0.3, 0.4) is 0 Å². The van der Waals surface area contributed by atoms with Crippen LogP contribution >= 0.6 is 11.3 Å². The second-order valence-electron chi connectivity index (χ2n) is 5.17. The van der Waals surface area contributed by atoms with E-state index in [4.69, 9.17) is 10.5 Å². The van der Waals surface area contributed by atoms with Crippen LogP contribution in [0.1, 0.15) is 24.6 Å². The molecule has 108 valence electrons. The first-order chi connectivity index (χ1) is 8.95. The van der Waals surface area contributed by atoms with E-state index < -0.39 is 10.0 Å². The first-order valence-electron chi connectivity index (χ1n) is 6.31. The molecule has 1 saturated heterocycles. The van der Waals surface area contributed by atoms with E-state index >= 15 is 0 Å². The van der Waals surface area contributed by atoms with Gasteiger partial charge in [0.1, 0.15) is 4.21 Å². The highest BCUT2D eigenvalue weighted by Gasteiger charge is 2.29. The number of nitrogens with one attached hydrogen (secondary N) is 1. The molecule has 2 heterocycles. The molecule has 0 spiro atoms. The lowest BCUT2D eigenvalue weighted by Gasteiger charge is -2.33. The van der Waals surface area contributed by atoms with Crippen molar-refractivity contribution in [2.45, 2.75) is 30.5 Å². The van der Waals surface area contributed by atoms with Crippen molar-refractivity contribution < 1.29 is 13.2 Å². The minimum Gasteiger partial charge on any atom is -0.381 e. The van der Waals surface area contributed by atoms with Crippen molar-refractivity contribution in [2.24, 2.45) is 11.1 Å². The largest absolute Gasteiger partial charge is 0.381 e. The highest BCUT2D eigenvalue weighted by Crippen LogP contribution is 2.29. The fraction of sp³-hybridized carbons (Fsp3) is 0.667. The van der Waals surface area contributed by atoms with Crippen LogP contribution < -0.4 is 10.5 Å². The van der Waals surface area contributed by atoms with E-state index in [1.807, 2.05) is 0 Å². The van der Waals surface area contributed by atoms with Gasteiger partial charge in [-0.15, -0.1) is 11.3 Å². The van der Waals surface area contributed by atoms with Gasteiger partial charge in [-0.3, -0.25) is 0 Å². The van der Waals surface area contributed by atoms with Gasteiger partial charge in [-0.2, -0.15) is 0 Å². The molecule has 1 aromatic heterocycles. The summed E-state index contributed by atoms with van der Waals surface area (Å²) in [6.07, 6.45) is 1.77. The van der Waals surface area contributed by atoms with Crippen LogP contribution in [0.5, 0.6) is 0 Å². The number of hydrogen-bond acceptors (Lipinski definition) is 5. The maximum Gasteiger partial charge on any atom is 0.250 e. The molecule has 0 aromatic carbocycles. The number of rotatable bonds is 5. The fourth-order valence-electron chi connectivity index (χ4n) is 1.99. The lowest BCUT2D eigenvalue weighted by Crippen LogP contribution is -2.39. The summed E-state index contributed by atoms with van der Waals surface area (Å²) in [6, 6.07) is 3.37. The van der Waals surface area contributed by atoms with Gasteiger partial charge in [-0.05, 0) is 30.4 Å². The predicted octanol–water partition coefficient (Wildman–Crippen LogP) is 1.30. The average molecular weight is 304 g/mol. The summed E-state index contributed by atoms with van der Waals surface area (Å²) in [4.78, 5) is 0.873. The number of hydrogen-bond donors (Lipinski definition) is 2. The van der Waals surface area contributed by atoms with Crippen molar-refractivity contribution in [2.75, 3.05) is 19.8 Å². The Labute approximate surface area is 118 Å². The van der Waals surface area contributed by atoms with Gasteiger partial charge in [-0.1, -0.05) is 6.92 Å². The summed E-state index contributed by atoms with van der Waals surface area (Å²) < 4.78 is 32.7. The van der Waals surface area contributed by atoms with E-state index in [-0.39, 0.29) is 5.41 Å². The molecule has 0 aliphatic carbocycles. The Hall–Kier alpha value is -0.470. The molecule has 2 rings (SSSR count). The maximum absolute atomic E-state index is 12.2. The molecule has 0 amide bonds. The summed E-state index contributed by atoms with van der Waals surface area (Å²) in [5.41, 5.74) is 5.49. The fourth-order valence-corrected chi connectivity index (χ4v) is 4.47. The van der Waals surface area contributed by atoms with Crippen molar-refractivity contribution in [3.05, 3.63) is 17.0 Å². The topological polar surface area (TPSA) is 81.4 Å². The zero-order valence-corrected chi connectivity index (χ0v) is 12.6. The van der Waals surface area contributed by atoms with Crippen LogP contribution in [0.25, 0.3) is 0 Å². The second-order valence-corrected chi connectivity index (χ2v) is 8.33. The standard InChI is InChI=1S/C12H20N2O3S2/c1-12(4-6-17-7-5-12)9-14-19(15,16)11-3-2-10(8-13)18-11/h2-3,14H,4-9,13H2,1H3. The number of nitrogens with two attached hydrogens (primary N) is 1. The third-order valence-electron chi connectivity index (χ3n) is 3.49. The molecule has 5 nitrogen and oxygen atoms in total. The predicted molar refractivity (Wildman–Crippen MR) is 75.6 cm³/mol. The van der Waals surface area contributed by atoms with Crippen LogP contribution in [0.15, 0.2) is 16.3 Å². The van der Waals surface area contributed by atoms with Crippen LogP contribution in [0, 0.1) is 5.41 Å². The van der Waals surface area contributed by atoms with Crippen molar-refractivity contribution in [3.63, 3.8) is 0 Å². The molecule has 19 heavy (non-hydrogen) atoms. The molecule has 1 aliphatic rings. The Bertz CT molecular complexity index is 519. The van der Waals surface area contributed by atoms with Gasteiger partial charge in [0.25, 0.3) is 0 Å². The Morgan fingerprint density at radius 3 is 2.68 bits per heavy atom. The Kier molecular flexibility index (Phi) is 4.62. The molecule has 1 aliphatic heterocycles. The summed E-state index contributed by atoms with van der Waals surface area (Å²) in [5.74, 6) is 0. The highest BCUT2D eigenvalue weighted by atomic mass is 32.2. The monoisotopic (exact) mass is 304 g/mol. The molecule has 0 bridgehead atoms. The number of thiophene rings is 1. The van der Waals surface area contributed by atoms with Crippen molar-refractivity contribution in [1.29, 1.82) is 0 Å². The zero-order chi connectivity index (χ0) is 13.9. The van der Waals surface area contributed by atoms with Gasteiger partial charge in [0.15, 0.2) is 0 Å². The van der Waals surface area contributed by atoms with Crippen LogP contribution in [-0.4, -0.2) is 28.2 Å². The molecule has 0 unspecified atom stereocenters. The first kappa shape index (κ1) is 14.9. The van der Waals surface area contributed by atoms with E-state index in [9.17, 15) is 8.42 Å². The average Bonchev–Trinajstić information content (AvgIpc) is 2.87. The van der Waals surface area contributed by atoms with E-state index in [0.29, 0.717) is 30.5 Å². The van der Waals surface area contributed by atoms with Gasteiger partial charge in [0.05, 0.1) is 0 Å². The normalized spacial score (nSPS) is 19.5. The Balaban J connectivity index is 2.01. The lowest BCUT2D eigenvalue weighted by molar-refractivity contribution is 0.0265. The molecule has 7 heteroatoms. The van der Waals surface area contributed by atoms with Crippen LogP contribution in [-0.2, 0) is 21.3 Å². The Morgan fingerprint density at radius 2 is 2.11 bits per heavy atom.